The van der Waals surface area contributed by atoms with E-state index in [0.29, 0.717) is 16.9 Å². The smallest absolute Gasteiger partial charge is 0.307 e. The molecule has 0 aliphatic rings. The summed E-state index contributed by atoms with van der Waals surface area (Å²) in [6.07, 6.45) is -0.483. The Morgan fingerprint density at radius 2 is 1.57 bits per heavy atom. The van der Waals surface area contributed by atoms with Crippen LogP contribution in [-0.2, 0) is 4.79 Å². The summed E-state index contributed by atoms with van der Waals surface area (Å²) < 4.78 is 5.47. The molecule has 0 radical (unpaired) electrons. The summed E-state index contributed by atoms with van der Waals surface area (Å²) in [4.78, 5) is 22.8. The van der Waals surface area contributed by atoms with Gasteiger partial charge in [0.2, 0.25) is 0 Å². The molecule has 0 fully saturated rings. The number of hydrogen-bond acceptors (Lipinski definition) is 3. The van der Waals surface area contributed by atoms with Gasteiger partial charge in [-0.1, -0.05) is 30.3 Å². The quantitative estimate of drug-likeness (QED) is 0.828. The average Bonchev–Trinajstić information content (AvgIpc) is 2.47. The second kappa shape index (κ2) is 6.70. The normalized spacial score (nSPS) is 11.7. The fourth-order valence-corrected chi connectivity index (χ4v) is 1.96. The highest BCUT2D eigenvalue weighted by Crippen LogP contribution is 2.17. The zero-order chi connectivity index (χ0) is 15.2. The van der Waals surface area contributed by atoms with E-state index in [4.69, 9.17) is 9.84 Å². The highest BCUT2D eigenvalue weighted by Gasteiger charge is 2.11. The maximum Gasteiger partial charge on any atom is 0.307 e. The van der Waals surface area contributed by atoms with E-state index >= 15 is 0 Å². The molecule has 2 aromatic carbocycles. The van der Waals surface area contributed by atoms with Crippen LogP contribution < -0.4 is 4.74 Å². The largest absolute Gasteiger partial charge is 0.490 e. The van der Waals surface area contributed by atoms with E-state index in [1.165, 1.54) is 0 Å². The number of carbonyl (C=O) groups excluding carboxylic acids is 1. The highest BCUT2D eigenvalue weighted by molar-refractivity contribution is 6.08. The van der Waals surface area contributed by atoms with E-state index in [-0.39, 0.29) is 12.2 Å². The van der Waals surface area contributed by atoms with Gasteiger partial charge in [-0.25, -0.2) is 0 Å². The van der Waals surface area contributed by atoms with Crippen molar-refractivity contribution in [2.45, 2.75) is 19.4 Å². The van der Waals surface area contributed by atoms with E-state index < -0.39 is 12.1 Å². The molecule has 4 heteroatoms. The van der Waals surface area contributed by atoms with Crippen LogP contribution in [-0.4, -0.2) is 23.0 Å². The molecule has 2 rings (SSSR count). The van der Waals surface area contributed by atoms with Crippen LogP contribution in [0.5, 0.6) is 5.75 Å². The second-order valence-electron chi connectivity index (χ2n) is 4.75. The first-order valence-corrected chi connectivity index (χ1v) is 6.64. The molecular formula is C17H16O4. The van der Waals surface area contributed by atoms with Crippen molar-refractivity contribution in [3.8, 4) is 5.75 Å². The van der Waals surface area contributed by atoms with Crippen molar-refractivity contribution >= 4 is 11.8 Å². The predicted molar refractivity (Wildman–Crippen MR) is 78.7 cm³/mol. The Bertz CT molecular complexity index is 617. The van der Waals surface area contributed by atoms with E-state index in [2.05, 4.69) is 0 Å². The molecule has 21 heavy (non-hydrogen) atoms. The van der Waals surface area contributed by atoms with Gasteiger partial charge >= 0.3 is 5.97 Å². The Morgan fingerprint density at radius 3 is 2.14 bits per heavy atom. The first-order chi connectivity index (χ1) is 10.1. The van der Waals surface area contributed by atoms with Gasteiger partial charge in [-0.15, -0.1) is 0 Å². The molecule has 0 saturated carbocycles. The van der Waals surface area contributed by atoms with Crippen LogP contribution in [0, 0.1) is 0 Å². The van der Waals surface area contributed by atoms with Crippen molar-refractivity contribution in [3.05, 3.63) is 65.7 Å². The average molecular weight is 284 g/mol. The third-order valence-electron chi connectivity index (χ3n) is 2.95. The molecule has 0 saturated heterocycles. The van der Waals surface area contributed by atoms with Gasteiger partial charge in [0.25, 0.3) is 0 Å². The van der Waals surface area contributed by atoms with Crippen molar-refractivity contribution in [2.75, 3.05) is 0 Å². The Labute approximate surface area is 123 Å². The molecule has 2 aromatic rings. The number of carbonyl (C=O) groups is 2. The van der Waals surface area contributed by atoms with Crippen molar-refractivity contribution in [1.82, 2.24) is 0 Å². The summed E-state index contributed by atoms with van der Waals surface area (Å²) in [6.45, 7) is 1.69. The number of benzene rings is 2. The minimum atomic E-state index is -0.904. The van der Waals surface area contributed by atoms with Crippen LogP contribution in [0.25, 0.3) is 0 Å². The Hall–Kier alpha value is -2.62. The van der Waals surface area contributed by atoms with Crippen molar-refractivity contribution in [2.24, 2.45) is 0 Å². The van der Waals surface area contributed by atoms with E-state index in [1.807, 2.05) is 18.2 Å². The zero-order valence-electron chi connectivity index (χ0n) is 11.7. The number of ether oxygens (including phenoxy) is 1. The molecule has 4 nitrogen and oxygen atoms in total. The molecule has 0 amide bonds. The van der Waals surface area contributed by atoms with Crippen LogP contribution in [0.3, 0.4) is 0 Å². The first kappa shape index (κ1) is 14.8. The van der Waals surface area contributed by atoms with Crippen LogP contribution in [0.1, 0.15) is 29.3 Å². The minimum absolute atomic E-state index is 0.0549. The molecule has 0 aliphatic carbocycles. The van der Waals surface area contributed by atoms with E-state index in [1.54, 1.807) is 43.3 Å². The third-order valence-corrected chi connectivity index (χ3v) is 2.95. The Balaban J connectivity index is 2.05. The Kier molecular flexibility index (Phi) is 4.72. The van der Waals surface area contributed by atoms with Gasteiger partial charge in [-0.05, 0) is 31.2 Å². The SMILES string of the molecule is C[C@H](CC(=O)O)Oc1ccc(C(=O)c2ccccc2)cc1. The monoisotopic (exact) mass is 284 g/mol. The maximum atomic E-state index is 12.2. The van der Waals surface area contributed by atoms with Gasteiger partial charge < -0.3 is 9.84 Å². The predicted octanol–water partition coefficient (Wildman–Crippen LogP) is 3.16. The van der Waals surface area contributed by atoms with Gasteiger partial charge in [-0.2, -0.15) is 0 Å². The molecular weight excluding hydrogens is 268 g/mol. The van der Waals surface area contributed by atoms with Crippen LogP contribution >= 0.6 is 0 Å². The van der Waals surface area contributed by atoms with Crippen LogP contribution in [0.2, 0.25) is 0 Å². The van der Waals surface area contributed by atoms with E-state index in [9.17, 15) is 9.59 Å². The summed E-state index contributed by atoms with van der Waals surface area (Å²) in [5.74, 6) is -0.410. The summed E-state index contributed by atoms with van der Waals surface area (Å²) in [5, 5.41) is 8.68. The maximum absolute atomic E-state index is 12.2. The second-order valence-corrected chi connectivity index (χ2v) is 4.75. The van der Waals surface area contributed by atoms with Crippen molar-refractivity contribution in [3.63, 3.8) is 0 Å². The fraction of sp³-hybridized carbons (Fsp3) is 0.176. The topological polar surface area (TPSA) is 63.6 Å². The molecule has 1 atom stereocenters. The Morgan fingerprint density at radius 1 is 1.00 bits per heavy atom. The van der Waals surface area contributed by atoms with Crippen molar-refractivity contribution < 1.29 is 19.4 Å². The highest BCUT2D eigenvalue weighted by atomic mass is 16.5. The summed E-state index contributed by atoms with van der Waals surface area (Å²) in [6, 6.07) is 15.7. The third kappa shape index (κ3) is 4.18. The molecule has 0 aliphatic heterocycles. The molecule has 108 valence electrons. The molecule has 0 bridgehead atoms. The minimum Gasteiger partial charge on any atom is -0.490 e. The number of carboxylic acids is 1. The molecule has 0 heterocycles. The van der Waals surface area contributed by atoms with Crippen molar-refractivity contribution in [1.29, 1.82) is 0 Å². The molecule has 0 spiro atoms. The van der Waals surface area contributed by atoms with E-state index in [0.717, 1.165) is 0 Å². The van der Waals surface area contributed by atoms with Gasteiger partial charge in [0, 0.05) is 11.1 Å². The zero-order valence-corrected chi connectivity index (χ0v) is 11.7. The number of carboxylic acid groups (broad SMARTS) is 1. The molecule has 1 N–H and O–H groups in total. The van der Waals surface area contributed by atoms with Gasteiger partial charge in [0.1, 0.15) is 11.9 Å². The standard InChI is InChI=1S/C17H16O4/c1-12(11-16(18)19)21-15-9-7-14(8-10-15)17(20)13-5-3-2-4-6-13/h2-10,12H,11H2,1H3,(H,18,19)/t12-/m1/s1. The first-order valence-electron chi connectivity index (χ1n) is 6.64. The van der Waals surface area contributed by atoms with Crippen LogP contribution in [0.4, 0.5) is 0 Å². The van der Waals surface area contributed by atoms with Gasteiger partial charge in [0.05, 0.1) is 6.42 Å². The number of rotatable bonds is 6. The van der Waals surface area contributed by atoms with Gasteiger partial charge in [-0.3, -0.25) is 9.59 Å². The summed E-state index contributed by atoms with van der Waals surface area (Å²) in [5.41, 5.74) is 1.20. The summed E-state index contributed by atoms with van der Waals surface area (Å²) >= 11 is 0. The lowest BCUT2D eigenvalue weighted by Gasteiger charge is -2.12. The fourth-order valence-electron chi connectivity index (χ4n) is 1.96. The summed E-state index contributed by atoms with van der Waals surface area (Å²) in [7, 11) is 0. The van der Waals surface area contributed by atoms with Crippen LogP contribution in [0.15, 0.2) is 54.6 Å². The number of hydrogen-bond donors (Lipinski definition) is 1. The lowest BCUT2D eigenvalue weighted by atomic mass is 10.0. The lowest BCUT2D eigenvalue weighted by molar-refractivity contribution is -0.138. The number of ketones is 1. The van der Waals surface area contributed by atoms with Gasteiger partial charge in [0.15, 0.2) is 5.78 Å². The lowest BCUT2D eigenvalue weighted by Crippen LogP contribution is -2.16. The number of aliphatic carboxylic acids is 1. The molecule has 0 aromatic heterocycles. The molecule has 0 unspecified atom stereocenters.